The van der Waals surface area contributed by atoms with Crippen molar-refractivity contribution in [3.8, 4) is 0 Å². The molecule has 0 aliphatic heterocycles. The van der Waals surface area contributed by atoms with Crippen LogP contribution in [0.2, 0.25) is 0 Å². The second-order valence-corrected chi connectivity index (χ2v) is 6.25. The van der Waals surface area contributed by atoms with Crippen molar-refractivity contribution >= 4 is 26.1 Å². The molecule has 0 aromatic heterocycles. The zero-order chi connectivity index (χ0) is 13.8. The zero-order valence-corrected chi connectivity index (χ0v) is 11.2. The van der Waals surface area contributed by atoms with Crippen LogP contribution < -0.4 is 9.44 Å². The van der Waals surface area contributed by atoms with E-state index in [0.717, 1.165) is 12.1 Å². The Morgan fingerprint density at radius 1 is 1.17 bits per heavy atom. The number of hydrogen-bond acceptors (Lipinski definition) is 4. The molecule has 9 heteroatoms. The van der Waals surface area contributed by atoms with Crippen LogP contribution in [0.4, 0.5) is 9.57 Å². The zero-order valence-electron chi connectivity index (χ0n) is 9.55. The van der Waals surface area contributed by atoms with Crippen molar-refractivity contribution in [1.82, 2.24) is 4.72 Å². The lowest BCUT2D eigenvalue weighted by atomic mass is 10.3. The maximum absolute atomic E-state index is 12.9. The Balaban J connectivity index is 3.06. The summed E-state index contributed by atoms with van der Waals surface area (Å²) in [7, 11) is -8.89. The van der Waals surface area contributed by atoms with Gasteiger partial charge >= 0.3 is 10.2 Å². The van der Waals surface area contributed by atoms with Crippen LogP contribution >= 0.6 is 0 Å². The summed E-state index contributed by atoms with van der Waals surface area (Å²) >= 11 is 0. The van der Waals surface area contributed by atoms with Gasteiger partial charge in [0.2, 0.25) is 0 Å². The number of halogens is 1. The summed E-state index contributed by atoms with van der Waals surface area (Å²) in [5, 5.41) is 0. The molecule has 0 aliphatic rings. The summed E-state index contributed by atoms with van der Waals surface area (Å²) in [6, 6.07) is 4.83. The van der Waals surface area contributed by atoms with Gasteiger partial charge in [0.25, 0.3) is 10.2 Å². The van der Waals surface area contributed by atoms with Crippen molar-refractivity contribution < 1.29 is 20.7 Å². The molecule has 0 aliphatic carbocycles. The van der Waals surface area contributed by atoms with Gasteiger partial charge in [-0.2, -0.15) is 21.6 Å². The van der Waals surface area contributed by atoms with Gasteiger partial charge in [-0.1, -0.05) is 19.1 Å². The molecule has 0 saturated heterocycles. The minimum atomic E-state index is -4.98. The molecule has 6 nitrogen and oxygen atoms in total. The van der Waals surface area contributed by atoms with Gasteiger partial charge in [0.05, 0.1) is 5.69 Å². The highest BCUT2D eigenvalue weighted by atomic mass is 32.3. The fourth-order valence-corrected chi connectivity index (χ4v) is 2.88. The molecule has 0 heterocycles. The lowest BCUT2D eigenvalue weighted by Gasteiger charge is -2.10. The Morgan fingerprint density at radius 2 is 1.78 bits per heavy atom. The monoisotopic (exact) mass is 296 g/mol. The van der Waals surface area contributed by atoms with Gasteiger partial charge in [-0.3, -0.25) is 4.72 Å². The van der Waals surface area contributed by atoms with E-state index in [1.165, 1.54) is 12.1 Å². The molecule has 0 amide bonds. The van der Waals surface area contributed by atoms with Gasteiger partial charge in [0, 0.05) is 6.54 Å². The molecule has 0 radical (unpaired) electrons. The first-order valence-corrected chi connectivity index (χ1v) is 7.94. The lowest BCUT2D eigenvalue weighted by Crippen LogP contribution is -2.31. The van der Waals surface area contributed by atoms with Crippen LogP contribution in [0.25, 0.3) is 0 Å². The van der Waals surface area contributed by atoms with Crippen LogP contribution in [0.3, 0.4) is 0 Å². The molecule has 0 atom stereocenters. The van der Waals surface area contributed by atoms with E-state index in [-0.39, 0.29) is 12.2 Å². The molecule has 1 aromatic carbocycles. The average Bonchev–Trinajstić information content (AvgIpc) is 2.25. The third kappa shape index (κ3) is 4.24. The third-order valence-electron chi connectivity index (χ3n) is 1.94. The van der Waals surface area contributed by atoms with Crippen LogP contribution in [-0.2, 0) is 20.4 Å². The summed E-state index contributed by atoms with van der Waals surface area (Å²) in [5.41, 5.74) is -0.330. The van der Waals surface area contributed by atoms with Gasteiger partial charge in [-0.05, 0) is 18.6 Å². The van der Waals surface area contributed by atoms with Crippen molar-refractivity contribution in [3.05, 3.63) is 24.3 Å². The number of rotatable bonds is 6. The molecule has 18 heavy (non-hydrogen) atoms. The van der Waals surface area contributed by atoms with Crippen molar-refractivity contribution in [2.24, 2.45) is 0 Å². The van der Waals surface area contributed by atoms with E-state index >= 15 is 0 Å². The first-order chi connectivity index (χ1) is 8.26. The van der Waals surface area contributed by atoms with Crippen LogP contribution in [0, 0.1) is 0 Å². The first-order valence-electron chi connectivity index (χ1n) is 5.07. The third-order valence-corrected chi connectivity index (χ3v) is 3.89. The Morgan fingerprint density at radius 3 is 2.33 bits per heavy atom. The molecule has 0 unspecified atom stereocenters. The van der Waals surface area contributed by atoms with Crippen LogP contribution in [0.15, 0.2) is 29.2 Å². The Bertz CT molecular complexity index is 613. The fraction of sp³-hybridized carbons (Fsp3) is 0.333. The highest BCUT2D eigenvalue weighted by molar-refractivity contribution is 7.91. The molecule has 0 spiro atoms. The smallest absolute Gasteiger partial charge is 0.270 e. The lowest BCUT2D eigenvalue weighted by molar-refractivity contribution is 0.552. The fourth-order valence-electron chi connectivity index (χ4n) is 1.18. The molecule has 0 saturated carbocycles. The normalized spacial score (nSPS) is 12.3. The Labute approximate surface area is 106 Å². The van der Waals surface area contributed by atoms with Crippen LogP contribution in [0.5, 0.6) is 0 Å². The van der Waals surface area contributed by atoms with Crippen LogP contribution in [0.1, 0.15) is 13.3 Å². The molecule has 0 fully saturated rings. The molecular weight excluding hydrogens is 283 g/mol. The van der Waals surface area contributed by atoms with Gasteiger partial charge < -0.3 is 0 Å². The van der Waals surface area contributed by atoms with E-state index < -0.39 is 25.3 Å². The summed E-state index contributed by atoms with van der Waals surface area (Å²) in [6.07, 6.45) is 0.573. The molecule has 0 bridgehead atoms. The highest BCUT2D eigenvalue weighted by Crippen LogP contribution is 2.23. The minimum absolute atomic E-state index is 0.194. The second-order valence-electron chi connectivity index (χ2n) is 3.43. The summed E-state index contributed by atoms with van der Waals surface area (Å²) in [5.74, 6) is 0. The van der Waals surface area contributed by atoms with E-state index in [1.54, 1.807) is 6.92 Å². The minimum Gasteiger partial charge on any atom is -0.270 e. The second kappa shape index (κ2) is 5.63. The first kappa shape index (κ1) is 14.9. The molecule has 1 aromatic rings. The van der Waals surface area contributed by atoms with E-state index in [4.69, 9.17) is 0 Å². The molecular formula is C9H13FN2O4S2. The van der Waals surface area contributed by atoms with E-state index in [9.17, 15) is 20.7 Å². The van der Waals surface area contributed by atoms with Crippen molar-refractivity contribution in [2.75, 3.05) is 11.3 Å². The molecule has 1 rings (SSSR count). The molecule has 102 valence electrons. The van der Waals surface area contributed by atoms with E-state index in [1.807, 2.05) is 4.72 Å². The summed E-state index contributed by atoms with van der Waals surface area (Å²) in [4.78, 5) is -0.716. The number of nitrogens with one attached hydrogen (secondary N) is 2. The van der Waals surface area contributed by atoms with Crippen molar-refractivity contribution in [3.63, 3.8) is 0 Å². The standard InChI is InChI=1S/C9H13FN2O4S2/c1-2-7-11-18(15,16)12-8-5-3-4-6-9(8)17(10,13)14/h3-6,11-12H,2,7H2,1H3. The maximum Gasteiger partial charge on any atom is 0.334 e. The predicted molar refractivity (Wildman–Crippen MR) is 65.6 cm³/mol. The SMILES string of the molecule is CCCNS(=O)(=O)Nc1ccccc1S(=O)(=O)F. The number of benzene rings is 1. The summed E-state index contributed by atoms with van der Waals surface area (Å²) < 4.78 is 61.7. The Kier molecular flexibility index (Phi) is 4.65. The Hall–Kier alpha value is -1.19. The highest BCUT2D eigenvalue weighted by Gasteiger charge is 2.19. The molecule has 2 N–H and O–H groups in total. The number of para-hydroxylation sites is 1. The quantitative estimate of drug-likeness (QED) is 0.766. The number of anilines is 1. The van der Waals surface area contributed by atoms with Crippen molar-refractivity contribution in [1.29, 1.82) is 0 Å². The van der Waals surface area contributed by atoms with Crippen LogP contribution in [-0.4, -0.2) is 23.4 Å². The topological polar surface area (TPSA) is 92.3 Å². The predicted octanol–water partition coefficient (Wildman–Crippen LogP) is 1.00. The van der Waals surface area contributed by atoms with Gasteiger partial charge in [-0.25, -0.2) is 0 Å². The van der Waals surface area contributed by atoms with Gasteiger partial charge in [0.1, 0.15) is 4.90 Å². The number of hydrogen-bond donors (Lipinski definition) is 2. The van der Waals surface area contributed by atoms with E-state index in [0.29, 0.717) is 6.42 Å². The largest absolute Gasteiger partial charge is 0.334 e. The van der Waals surface area contributed by atoms with Gasteiger partial charge in [0.15, 0.2) is 0 Å². The van der Waals surface area contributed by atoms with Crippen molar-refractivity contribution in [2.45, 2.75) is 18.2 Å². The average molecular weight is 296 g/mol. The maximum atomic E-state index is 12.9. The van der Waals surface area contributed by atoms with Gasteiger partial charge in [-0.15, -0.1) is 3.89 Å². The van der Waals surface area contributed by atoms with E-state index in [2.05, 4.69) is 4.72 Å². The summed E-state index contributed by atoms with van der Waals surface area (Å²) in [6.45, 7) is 1.96.